The molecule has 0 N–H and O–H groups in total. The van der Waals surface area contributed by atoms with Crippen LogP contribution in [0.4, 0.5) is 0 Å². The molecule has 26 heavy (non-hydrogen) atoms. The first kappa shape index (κ1) is 18.5. The van der Waals surface area contributed by atoms with Gasteiger partial charge in [0.05, 0.1) is 0 Å². The summed E-state index contributed by atoms with van der Waals surface area (Å²) in [4.78, 5) is 28.1. The number of likely N-dealkylation sites (tertiary alicyclic amines) is 2. The molecule has 2 aliphatic heterocycles. The Kier molecular flexibility index (Phi) is 6.75. The van der Waals surface area contributed by atoms with E-state index in [2.05, 4.69) is 0 Å². The van der Waals surface area contributed by atoms with E-state index in [1.165, 1.54) is 12.8 Å². The lowest BCUT2D eigenvalue weighted by atomic mass is 10.1. The van der Waals surface area contributed by atoms with Crippen molar-refractivity contribution in [2.45, 2.75) is 38.5 Å². The Balaban J connectivity index is 1.45. The molecule has 2 amide bonds. The van der Waals surface area contributed by atoms with E-state index in [0.29, 0.717) is 11.5 Å². The molecule has 0 spiro atoms. The highest BCUT2D eigenvalue weighted by atomic mass is 16.5. The normalized spacial score (nSPS) is 17.7. The van der Waals surface area contributed by atoms with Gasteiger partial charge in [-0.3, -0.25) is 9.59 Å². The van der Waals surface area contributed by atoms with Gasteiger partial charge in [0, 0.05) is 32.2 Å². The SMILES string of the molecule is O=C(COc1cccc(OCC(=O)N2CCCCC2)c1)N1CCCCC1. The summed E-state index contributed by atoms with van der Waals surface area (Å²) < 4.78 is 11.2. The summed E-state index contributed by atoms with van der Waals surface area (Å²) in [6.07, 6.45) is 6.67. The first-order valence-electron chi connectivity index (χ1n) is 9.63. The summed E-state index contributed by atoms with van der Waals surface area (Å²) in [7, 11) is 0. The first-order valence-corrected chi connectivity index (χ1v) is 9.63. The second-order valence-corrected chi connectivity index (χ2v) is 6.94. The smallest absolute Gasteiger partial charge is 0.260 e. The van der Waals surface area contributed by atoms with Gasteiger partial charge < -0.3 is 19.3 Å². The predicted molar refractivity (Wildman–Crippen MR) is 98.3 cm³/mol. The van der Waals surface area contributed by atoms with E-state index in [1.807, 2.05) is 9.80 Å². The molecular weight excluding hydrogens is 332 g/mol. The average Bonchev–Trinajstić information content (AvgIpc) is 2.72. The fourth-order valence-corrected chi connectivity index (χ4v) is 3.41. The van der Waals surface area contributed by atoms with Crippen molar-refractivity contribution in [3.8, 4) is 11.5 Å². The average molecular weight is 360 g/mol. The minimum atomic E-state index is 0.0243. The molecule has 0 saturated carbocycles. The topological polar surface area (TPSA) is 59.1 Å². The summed E-state index contributed by atoms with van der Waals surface area (Å²) in [5.41, 5.74) is 0. The number of rotatable bonds is 6. The Hall–Kier alpha value is -2.24. The zero-order valence-electron chi connectivity index (χ0n) is 15.3. The van der Waals surface area contributed by atoms with Gasteiger partial charge in [0.1, 0.15) is 11.5 Å². The molecule has 142 valence electrons. The second kappa shape index (κ2) is 9.46. The molecule has 0 aliphatic carbocycles. The van der Waals surface area contributed by atoms with E-state index >= 15 is 0 Å². The van der Waals surface area contributed by atoms with E-state index in [1.54, 1.807) is 24.3 Å². The molecule has 0 bridgehead atoms. The van der Waals surface area contributed by atoms with Gasteiger partial charge >= 0.3 is 0 Å². The summed E-state index contributed by atoms with van der Waals surface area (Å²) in [5, 5.41) is 0. The third kappa shape index (κ3) is 5.38. The Labute approximate surface area is 155 Å². The van der Waals surface area contributed by atoms with Crippen molar-refractivity contribution in [2.75, 3.05) is 39.4 Å². The van der Waals surface area contributed by atoms with Gasteiger partial charge in [-0.25, -0.2) is 0 Å². The standard InChI is InChI=1S/C20H28N2O4/c23-19(21-10-3-1-4-11-21)15-25-17-8-7-9-18(14-17)26-16-20(24)22-12-5-2-6-13-22/h7-9,14H,1-6,10-13,15-16H2. The van der Waals surface area contributed by atoms with Gasteiger partial charge in [-0.1, -0.05) is 6.07 Å². The molecule has 2 saturated heterocycles. The van der Waals surface area contributed by atoms with Crippen LogP contribution >= 0.6 is 0 Å². The van der Waals surface area contributed by atoms with E-state index in [0.717, 1.165) is 51.9 Å². The summed E-state index contributed by atoms with van der Waals surface area (Å²) in [5.74, 6) is 1.21. The third-order valence-corrected chi connectivity index (χ3v) is 4.95. The van der Waals surface area contributed by atoms with Crippen LogP contribution < -0.4 is 9.47 Å². The Bertz CT molecular complexity index is 558. The lowest BCUT2D eigenvalue weighted by molar-refractivity contribution is -0.134. The molecule has 6 nitrogen and oxygen atoms in total. The van der Waals surface area contributed by atoms with Crippen molar-refractivity contribution < 1.29 is 19.1 Å². The number of amides is 2. The van der Waals surface area contributed by atoms with Crippen LogP contribution in [0.3, 0.4) is 0 Å². The van der Waals surface area contributed by atoms with Crippen LogP contribution in [-0.2, 0) is 9.59 Å². The van der Waals surface area contributed by atoms with Crippen molar-refractivity contribution in [2.24, 2.45) is 0 Å². The lowest BCUT2D eigenvalue weighted by Gasteiger charge is -2.26. The molecule has 0 radical (unpaired) electrons. The molecule has 1 aromatic carbocycles. The van der Waals surface area contributed by atoms with Crippen LogP contribution in [-0.4, -0.2) is 61.0 Å². The molecule has 0 aromatic heterocycles. The molecule has 6 heteroatoms. The number of piperidine rings is 2. The Morgan fingerprint density at radius 2 is 1.15 bits per heavy atom. The van der Waals surface area contributed by atoms with Gasteiger partial charge in [-0.05, 0) is 50.7 Å². The van der Waals surface area contributed by atoms with Crippen LogP contribution in [0.2, 0.25) is 0 Å². The van der Waals surface area contributed by atoms with Crippen LogP contribution in [0.15, 0.2) is 24.3 Å². The van der Waals surface area contributed by atoms with Crippen molar-refractivity contribution in [3.05, 3.63) is 24.3 Å². The molecule has 0 unspecified atom stereocenters. The third-order valence-electron chi connectivity index (χ3n) is 4.95. The highest BCUT2D eigenvalue weighted by Crippen LogP contribution is 2.20. The molecule has 2 aliphatic rings. The van der Waals surface area contributed by atoms with Crippen LogP contribution in [0.1, 0.15) is 38.5 Å². The first-order chi connectivity index (χ1) is 12.7. The number of nitrogens with zero attached hydrogens (tertiary/aromatic N) is 2. The van der Waals surface area contributed by atoms with Gasteiger partial charge in [0.2, 0.25) is 0 Å². The van der Waals surface area contributed by atoms with Gasteiger partial charge in [0.15, 0.2) is 13.2 Å². The van der Waals surface area contributed by atoms with Crippen LogP contribution in [0.25, 0.3) is 0 Å². The number of carbonyl (C=O) groups excluding carboxylic acids is 2. The summed E-state index contributed by atoms with van der Waals surface area (Å²) >= 11 is 0. The van der Waals surface area contributed by atoms with E-state index < -0.39 is 0 Å². The maximum atomic E-state index is 12.2. The minimum absolute atomic E-state index is 0.0243. The van der Waals surface area contributed by atoms with E-state index in [9.17, 15) is 9.59 Å². The zero-order valence-corrected chi connectivity index (χ0v) is 15.3. The molecule has 0 atom stereocenters. The number of carbonyl (C=O) groups is 2. The molecular formula is C20H28N2O4. The number of ether oxygens (including phenoxy) is 2. The lowest BCUT2D eigenvalue weighted by Crippen LogP contribution is -2.38. The zero-order chi connectivity index (χ0) is 18.2. The largest absolute Gasteiger partial charge is 0.484 e. The second-order valence-electron chi connectivity index (χ2n) is 6.94. The maximum absolute atomic E-state index is 12.2. The fourth-order valence-electron chi connectivity index (χ4n) is 3.41. The summed E-state index contributed by atoms with van der Waals surface area (Å²) in [6, 6.07) is 7.12. The van der Waals surface area contributed by atoms with Crippen molar-refractivity contribution in [1.82, 2.24) is 9.80 Å². The van der Waals surface area contributed by atoms with Gasteiger partial charge in [-0.15, -0.1) is 0 Å². The Morgan fingerprint density at radius 3 is 1.58 bits per heavy atom. The van der Waals surface area contributed by atoms with Gasteiger partial charge in [-0.2, -0.15) is 0 Å². The van der Waals surface area contributed by atoms with Crippen molar-refractivity contribution in [1.29, 1.82) is 0 Å². The number of hydrogen-bond acceptors (Lipinski definition) is 4. The van der Waals surface area contributed by atoms with E-state index in [4.69, 9.17) is 9.47 Å². The molecule has 2 fully saturated rings. The van der Waals surface area contributed by atoms with Crippen LogP contribution in [0, 0.1) is 0 Å². The van der Waals surface area contributed by atoms with Crippen LogP contribution in [0.5, 0.6) is 11.5 Å². The number of benzene rings is 1. The van der Waals surface area contributed by atoms with Crippen molar-refractivity contribution in [3.63, 3.8) is 0 Å². The highest BCUT2D eigenvalue weighted by Gasteiger charge is 2.18. The minimum Gasteiger partial charge on any atom is -0.484 e. The maximum Gasteiger partial charge on any atom is 0.260 e. The molecule has 2 heterocycles. The van der Waals surface area contributed by atoms with E-state index in [-0.39, 0.29) is 25.0 Å². The molecule has 1 aromatic rings. The molecule has 3 rings (SSSR count). The Morgan fingerprint density at radius 1 is 0.731 bits per heavy atom. The quantitative estimate of drug-likeness (QED) is 0.782. The predicted octanol–water partition coefficient (Wildman–Crippen LogP) is 2.47. The van der Waals surface area contributed by atoms with Crippen molar-refractivity contribution >= 4 is 11.8 Å². The monoisotopic (exact) mass is 360 g/mol. The number of hydrogen-bond donors (Lipinski definition) is 0. The summed E-state index contributed by atoms with van der Waals surface area (Å²) in [6.45, 7) is 3.37. The highest BCUT2D eigenvalue weighted by molar-refractivity contribution is 5.78. The van der Waals surface area contributed by atoms with Gasteiger partial charge in [0.25, 0.3) is 11.8 Å². The fraction of sp³-hybridized carbons (Fsp3) is 0.600.